The number of hydrogen-bond acceptors (Lipinski definition) is 7. The van der Waals surface area contributed by atoms with E-state index in [4.69, 9.17) is 16.3 Å². The zero-order chi connectivity index (χ0) is 18.0. The van der Waals surface area contributed by atoms with Crippen molar-refractivity contribution in [2.24, 2.45) is 4.99 Å². The molecule has 1 aliphatic heterocycles. The Morgan fingerprint density at radius 2 is 2.24 bits per heavy atom. The summed E-state index contributed by atoms with van der Waals surface area (Å²) in [6.07, 6.45) is -0.883. The molecule has 9 heteroatoms. The second-order valence-corrected chi connectivity index (χ2v) is 6.22. The second-order valence-electron chi connectivity index (χ2n) is 5.09. The van der Waals surface area contributed by atoms with Gasteiger partial charge in [-0.3, -0.25) is 0 Å². The van der Waals surface area contributed by atoms with Crippen LogP contribution in [0.15, 0.2) is 45.5 Å². The Kier molecular flexibility index (Phi) is 5.00. The molecule has 130 valence electrons. The molecule has 1 unspecified atom stereocenters. The first kappa shape index (κ1) is 17.4. The molecule has 0 saturated carbocycles. The summed E-state index contributed by atoms with van der Waals surface area (Å²) in [5, 5.41) is 5.05. The summed E-state index contributed by atoms with van der Waals surface area (Å²) in [6.45, 7) is 1.73. The van der Waals surface area contributed by atoms with Gasteiger partial charge in [0, 0.05) is 16.0 Å². The number of halogens is 2. The van der Waals surface area contributed by atoms with Crippen LogP contribution in [0.2, 0.25) is 5.02 Å². The van der Waals surface area contributed by atoms with Gasteiger partial charge < -0.3 is 14.8 Å². The minimum Gasteiger partial charge on any atom is -0.437 e. The molecule has 2 heterocycles. The van der Waals surface area contributed by atoms with E-state index in [2.05, 4.69) is 20.0 Å². The van der Waals surface area contributed by atoms with Crippen molar-refractivity contribution in [3.8, 4) is 0 Å². The zero-order valence-corrected chi connectivity index (χ0v) is 14.8. The van der Waals surface area contributed by atoms with Crippen LogP contribution in [0.4, 0.5) is 9.18 Å². The molecular weight excluding hydrogens is 369 g/mol. The predicted octanol–water partition coefficient (Wildman–Crippen LogP) is 4.04. The van der Waals surface area contributed by atoms with E-state index in [-0.39, 0.29) is 10.8 Å². The minimum absolute atomic E-state index is 0.173. The molecule has 1 aromatic carbocycles. The van der Waals surface area contributed by atoms with Gasteiger partial charge in [0.15, 0.2) is 11.6 Å². The highest BCUT2D eigenvalue weighted by Gasteiger charge is 2.30. The Labute approximate surface area is 152 Å². The molecule has 25 heavy (non-hydrogen) atoms. The molecule has 1 aromatic heterocycles. The number of methoxy groups -OCH3 is 1. The number of thiazole rings is 1. The number of allylic oxidation sites excluding steroid dienone is 1. The van der Waals surface area contributed by atoms with Gasteiger partial charge in [-0.2, -0.15) is 0 Å². The molecule has 0 aliphatic carbocycles. The van der Waals surface area contributed by atoms with Crippen molar-refractivity contribution in [1.82, 2.24) is 10.3 Å². The molecular formula is C16H13ClFN3O3S. The summed E-state index contributed by atoms with van der Waals surface area (Å²) in [5.74, 6) is 0.253. The lowest BCUT2D eigenvalue weighted by molar-refractivity contribution is 0.0913. The molecule has 0 fully saturated rings. The summed E-state index contributed by atoms with van der Waals surface area (Å²) >= 11 is 7.60. The lowest BCUT2D eigenvalue weighted by Crippen LogP contribution is -2.31. The number of aliphatic imine (C=N–C) groups is 1. The van der Waals surface area contributed by atoms with Crippen molar-refractivity contribution in [2.45, 2.75) is 13.0 Å². The number of amidine groups is 1. The largest absolute Gasteiger partial charge is 0.513 e. The molecule has 0 saturated heterocycles. The van der Waals surface area contributed by atoms with E-state index in [0.717, 1.165) is 0 Å². The number of nitrogens with one attached hydrogen (secondary N) is 1. The van der Waals surface area contributed by atoms with Gasteiger partial charge in [0.1, 0.15) is 17.6 Å². The average molecular weight is 382 g/mol. The minimum atomic E-state index is -0.883. The number of nitrogens with zero attached hydrogens (tertiary/aromatic N) is 2. The van der Waals surface area contributed by atoms with Crippen LogP contribution in [-0.2, 0) is 9.47 Å². The van der Waals surface area contributed by atoms with E-state index in [1.165, 1.54) is 36.6 Å². The Morgan fingerprint density at radius 1 is 1.44 bits per heavy atom. The number of hydrogen-bond donors (Lipinski definition) is 1. The molecule has 1 atom stereocenters. The summed E-state index contributed by atoms with van der Waals surface area (Å²) in [6, 6.07) is 3.21. The van der Waals surface area contributed by atoms with Gasteiger partial charge in [0.05, 0.1) is 18.3 Å². The summed E-state index contributed by atoms with van der Waals surface area (Å²) < 4.78 is 23.2. The number of ether oxygens (including phenoxy) is 2. The fourth-order valence-corrected chi connectivity index (χ4v) is 3.13. The van der Waals surface area contributed by atoms with Crippen molar-refractivity contribution in [3.05, 3.63) is 62.6 Å². The highest BCUT2D eigenvalue weighted by atomic mass is 35.5. The van der Waals surface area contributed by atoms with Crippen molar-refractivity contribution >= 4 is 34.9 Å². The standard InChI is InChI=1S/C16H13ClFN3O3S/c1-8-14(24-16(22)23-2)13(10-4-3-9(18)5-11(10)17)21-15(20-8)12-6-25-7-19-12/h3-7,13H,1-2H3,(H,20,21). The fourth-order valence-electron chi connectivity index (χ4n) is 2.32. The molecule has 6 nitrogen and oxygen atoms in total. The number of benzene rings is 1. The molecule has 1 N–H and O–H groups in total. The Morgan fingerprint density at radius 3 is 2.88 bits per heavy atom. The second kappa shape index (κ2) is 7.20. The quantitative estimate of drug-likeness (QED) is 0.812. The zero-order valence-electron chi connectivity index (χ0n) is 13.2. The third kappa shape index (κ3) is 3.64. The van der Waals surface area contributed by atoms with Crippen LogP contribution < -0.4 is 5.32 Å². The van der Waals surface area contributed by atoms with Crippen LogP contribution in [0.25, 0.3) is 0 Å². The van der Waals surface area contributed by atoms with E-state index in [0.29, 0.717) is 22.8 Å². The van der Waals surface area contributed by atoms with Gasteiger partial charge in [-0.05, 0) is 19.1 Å². The third-order valence-electron chi connectivity index (χ3n) is 3.47. The van der Waals surface area contributed by atoms with E-state index in [1.807, 2.05) is 5.38 Å². The van der Waals surface area contributed by atoms with Gasteiger partial charge in [-0.15, -0.1) is 11.3 Å². The molecule has 0 spiro atoms. The average Bonchev–Trinajstić information content (AvgIpc) is 3.11. The Bertz CT molecular complexity index is 868. The SMILES string of the molecule is COC(=O)OC1=C(C)NC(c2cscn2)=NC1c1ccc(F)cc1Cl. The molecule has 3 rings (SSSR count). The number of rotatable bonds is 3. The lowest BCUT2D eigenvalue weighted by Gasteiger charge is -2.26. The monoisotopic (exact) mass is 381 g/mol. The molecule has 0 amide bonds. The van der Waals surface area contributed by atoms with Crippen LogP contribution in [0, 0.1) is 5.82 Å². The molecule has 0 bridgehead atoms. The van der Waals surface area contributed by atoms with E-state index in [1.54, 1.807) is 12.4 Å². The van der Waals surface area contributed by atoms with Crippen LogP contribution in [0.1, 0.15) is 24.2 Å². The number of carbonyl (C=O) groups is 1. The predicted molar refractivity (Wildman–Crippen MR) is 92.1 cm³/mol. The van der Waals surface area contributed by atoms with Crippen molar-refractivity contribution in [3.63, 3.8) is 0 Å². The number of aromatic nitrogens is 1. The normalized spacial score (nSPS) is 17.0. The maximum absolute atomic E-state index is 13.4. The van der Waals surface area contributed by atoms with Crippen LogP contribution in [0.5, 0.6) is 0 Å². The summed E-state index contributed by atoms with van der Waals surface area (Å²) in [7, 11) is 1.21. The smallest absolute Gasteiger partial charge is 0.437 e. The van der Waals surface area contributed by atoms with Gasteiger partial charge in [-0.25, -0.2) is 19.2 Å². The van der Waals surface area contributed by atoms with Crippen LogP contribution in [-0.4, -0.2) is 24.1 Å². The lowest BCUT2D eigenvalue weighted by atomic mass is 10.0. The van der Waals surface area contributed by atoms with Gasteiger partial charge in [-0.1, -0.05) is 17.7 Å². The first-order valence-electron chi connectivity index (χ1n) is 7.14. The van der Waals surface area contributed by atoms with Crippen molar-refractivity contribution < 1.29 is 18.7 Å². The summed E-state index contributed by atoms with van der Waals surface area (Å²) in [5.41, 5.74) is 3.37. The molecule has 1 aliphatic rings. The topological polar surface area (TPSA) is 72.8 Å². The van der Waals surface area contributed by atoms with Crippen molar-refractivity contribution in [2.75, 3.05) is 7.11 Å². The number of carbonyl (C=O) groups excluding carboxylic acids is 1. The van der Waals surface area contributed by atoms with Crippen LogP contribution >= 0.6 is 22.9 Å². The third-order valence-corrected chi connectivity index (χ3v) is 4.39. The van der Waals surface area contributed by atoms with Gasteiger partial charge >= 0.3 is 6.16 Å². The Balaban J connectivity index is 2.08. The molecule has 0 radical (unpaired) electrons. The van der Waals surface area contributed by atoms with Crippen LogP contribution in [0.3, 0.4) is 0 Å². The summed E-state index contributed by atoms with van der Waals surface area (Å²) in [4.78, 5) is 20.4. The maximum Gasteiger partial charge on any atom is 0.513 e. The first-order valence-corrected chi connectivity index (χ1v) is 8.46. The highest BCUT2D eigenvalue weighted by molar-refractivity contribution is 7.07. The maximum atomic E-state index is 13.4. The van der Waals surface area contributed by atoms with E-state index < -0.39 is 18.0 Å². The van der Waals surface area contributed by atoms with Crippen molar-refractivity contribution in [1.29, 1.82) is 0 Å². The first-order chi connectivity index (χ1) is 12.0. The van der Waals surface area contributed by atoms with E-state index in [9.17, 15) is 9.18 Å². The van der Waals surface area contributed by atoms with Gasteiger partial charge in [0.2, 0.25) is 0 Å². The highest BCUT2D eigenvalue weighted by Crippen LogP contribution is 2.36. The Hall–Kier alpha value is -2.45. The fraction of sp³-hybridized carbons (Fsp3) is 0.188. The van der Waals surface area contributed by atoms with E-state index >= 15 is 0 Å². The van der Waals surface area contributed by atoms with Gasteiger partial charge in [0.25, 0.3) is 0 Å². The molecule has 2 aromatic rings.